The first kappa shape index (κ1) is 28.6. The average molecular weight is 460 g/mol. The van der Waals surface area contributed by atoms with Crippen LogP contribution in [0.3, 0.4) is 0 Å². The molecule has 11 N–H and O–H groups in total. The van der Waals surface area contributed by atoms with Crippen molar-refractivity contribution in [3.05, 3.63) is 0 Å². The highest BCUT2D eigenvalue weighted by molar-refractivity contribution is 5.93. The van der Waals surface area contributed by atoms with Crippen LogP contribution in [-0.2, 0) is 24.0 Å². The van der Waals surface area contributed by atoms with Gasteiger partial charge in [-0.2, -0.15) is 0 Å². The van der Waals surface area contributed by atoms with E-state index in [0.717, 1.165) is 0 Å². The monoisotopic (exact) mass is 459 g/mol. The molecule has 0 saturated heterocycles. The van der Waals surface area contributed by atoms with Gasteiger partial charge in [-0.1, -0.05) is 13.8 Å². The maximum Gasteiger partial charge on any atom is 0.326 e. The Hall–Kier alpha value is -3.42. The van der Waals surface area contributed by atoms with Gasteiger partial charge in [-0.05, 0) is 25.2 Å². The summed E-state index contributed by atoms with van der Waals surface area (Å²) in [6.07, 6.45) is -0.336. The van der Waals surface area contributed by atoms with Gasteiger partial charge in [0.05, 0.1) is 6.54 Å². The lowest BCUT2D eigenvalue weighted by Crippen LogP contribution is -2.57. The van der Waals surface area contributed by atoms with E-state index in [4.69, 9.17) is 22.3 Å². The largest absolute Gasteiger partial charge is 0.481 e. The Morgan fingerprint density at radius 3 is 1.94 bits per heavy atom. The zero-order chi connectivity index (χ0) is 24.8. The number of nitrogens with zero attached hydrogens (tertiary/aromatic N) is 1. The van der Waals surface area contributed by atoms with Crippen LogP contribution in [0.25, 0.3) is 0 Å². The van der Waals surface area contributed by atoms with Gasteiger partial charge in [0.25, 0.3) is 0 Å². The molecule has 3 atom stereocenters. The molecule has 0 rings (SSSR count). The molecule has 0 bridgehead atoms. The summed E-state index contributed by atoms with van der Waals surface area (Å²) in [6, 6.07) is -3.67. The van der Waals surface area contributed by atoms with E-state index in [1.807, 2.05) is 0 Å². The van der Waals surface area contributed by atoms with Crippen molar-refractivity contribution >= 4 is 35.6 Å². The third-order valence-corrected chi connectivity index (χ3v) is 4.29. The first-order valence-electron chi connectivity index (χ1n) is 9.99. The van der Waals surface area contributed by atoms with Gasteiger partial charge in [0, 0.05) is 13.0 Å². The van der Waals surface area contributed by atoms with Crippen molar-refractivity contribution in [1.29, 1.82) is 0 Å². The topological polar surface area (TPSA) is 252 Å². The second-order valence-corrected chi connectivity index (χ2v) is 7.34. The fourth-order valence-corrected chi connectivity index (χ4v) is 2.60. The van der Waals surface area contributed by atoms with E-state index < -0.39 is 60.1 Å². The van der Waals surface area contributed by atoms with Crippen molar-refractivity contribution in [2.24, 2.45) is 28.1 Å². The van der Waals surface area contributed by atoms with Gasteiger partial charge < -0.3 is 43.4 Å². The maximum atomic E-state index is 12.7. The van der Waals surface area contributed by atoms with Crippen molar-refractivity contribution in [2.75, 3.05) is 13.1 Å². The number of carbonyl (C=O) groups excluding carboxylic acids is 3. The Kier molecular flexibility index (Phi) is 13.0. The Labute approximate surface area is 185 Å². The second-order valence-electron chi connectivity index (χ2n) is 7.34. The Morgan fingerprint density at radius 1 is 0.906 bits per heavy atom. The van der Waals surface area contributed by atoms with Crippen LogP contribution in [0.15, 0.2) is 4.99 Å². The van der Waals surface area contributed by atoms with Crippen LogP contribution in [0.2, 0.25) is 0 Å². The summed E-state index contributed by atoms with van der Waals surface area (Å²) in [5, 5.41) is 25.3. The zero-order valence-electron chi connectivity index (χ0n) is 18.2. The number of aliphatic carboxylic acids is 2. The molecule has 0 aromatic rings. The summed E-state index contributed by atoms with van der Waals surface area (Å²) in [5.41, 5.74) is 15.8. The molecule has 0 heterocycles. The number of carboxylic acids is 2. The van der Waals surface area contributed by atoms with Crippen molar-refractivity contribution in [3.8, 4) is 0 Å². The second kappa shape index (κ2) is 14.6. The number of aliphatic imine (C=N–C) groups is 1. The van der Waals surface area contributed by atoms with E-state index in [2.05, 4.69) is 20.9 Å². The number of hydrogen-bond acceptors (Lipinski definition) is 7. The van der Waals surface area contributed by atoms with Crippen molar-refractivity contribution in [1.82, 2.24) is 16.0 Å². The third-order valence-electron chi connectivity index (χ3n) is 4.29. The molecule has 182 valence electrons. The molecule has 32 heavy (non-hydrogen) atoms. The van der Waals surface area contributed by atoms with Crippen molar-refractivity contribution in [2.45, 2.75) is 57.7 Å². The SMILES string of the molecule is CC(C)C(NC(=O)C(CCC(=O)O)NC(=O)C(CCCN=C(N)N)NC(=O)CN)C(=O)O. The molecule has 14 nitrogen and oxygen atoms in total. The third kappa shape index (κ3) is 11.7. The molecule has 0 fully saturated rings. The van der Waals surface area contributed by atoms with Crippen molar-refractivity contribution in [3.63, 3.8) is 0 Å². The number of hydrogen-bond donors (Lipinski definition) is 8. The fraction of sp³-hybridized carbons (Fsp3) is 0.667. The summed E-state index contributed by atoms with van der Waals surface area (Å²) in [4.78, 5) is 63.1. The number of carbonyl (C=O) groups is 5. The van der Waals surface area contributed by atoms with E-state index >= 15 is 0 Å². The predicted octanol–water partition coefficient (Wildman–Crippen LogP) is -2.94. The number of amides is 3. The molecular formula is C18H33N7O7. The minimum absolute atomic E-state index is 0.103. The normalized spacial score (nSPS) is 13.4. The van der Waals surface area contributed by atoms with Crippen LogP contribution < -0.4 is 33.2 Å². The van der Waals surface area contributed by atoms with Crippen LogP contribution in [0, 0.1) is 5.92 Å². The highest BCUT2D eigenvalue weighted by atomic mass is 16.4. The summed E-state index contributed by atoms with van der Waals surface area (Å²) in [7, 11) is 0. The van der Waals surface area contributed by atoms with Gasteiger partial charge in [0.2, 0.25) is 17.7 Å². The first-order chi connectivity index (χ1) is 14.9. The van der Waals surface area contributed by atoms with Crippen molar-refractivity contribution < 1.29 is 34.2 Å². The van der Waals surface area contributed by atoms with Crippen LogP contribution in [0.4, 0.5) is 0 Å². The van der Waals surface area contributed by atoms with Gasteiger partial charge in [-0.25, -0.2) is 4.79 Å². The molecule has 0 aliphatic rings. The molecule has 14 heteroatoms. The number of carboxylic acid groups (broad SMARTS) is 2. The van der Waals surface area contributed by atoms with E-state index in [0.29, 0.717) is 6.42 Å². The minimum atomic E-state index is -1.34. The average Bonchev–Trinajstić information content (AvgIpc) is 2.69. The summed E-state index contributed by atoms with van der Waals surface area (Å²) in [5.74, 6) is -5.32. The van der Waals surface area contributed by atoms with E-state index in [1.54, 1.807) is 13.8 Å². The number of rotatable bonds is 15. The van der Waals surface area contributed by atoms with E-state index in [9.17, 15) is 29.1 Å². The Bertz CT molecular complexity index is 708. The van der Waals surface area contributed by atoms with Gasteiger partial charge in [-0.15, -0.1) is 0 Å². The fourth-order valence-electron chi connectivity index (χ4n) is 2.60. The zero-order valence-corrected chi connectivity index (χ0v) is 18.2. The minimum Gasteiger partial charge on any atom is -0.481 e. The highest BCUT2D eigenvalue weighted by Crippen LogP contribution is 2.06. The lowest BCUT2D eigenvalue weighted by Gasteiger charge is -2.25. The van der Waals surface area contributed by atoms with Crippen LogP contribution in [-0.4, -0.2) is 77.0 Å². The van der Waals surface area contributed by atoms with Gasteiger partial charge in [0.1, 0.15) is 18.1 Å². The predicted molar refractivity (Wildman–Crippen MR) is 114 cm³/mol. The van der Waals surface area contributed by atoms with Crippen LogP contribution >= 0.6 is 0 Å². The van der Waals surface area contributed by atoms with Crippen LogP contribution in [0.1, 0.15) is 39.5 Å². The molecule has 0 aliphatic carbocycles. The number of nitrogens with two attached hydrogens (primary N) is 3. The van der Waals surface area contributed by atoms with Gasteiger partial charge >= 0.3 is 11.9 Å². The number of nitrogens with one attached hydrogen (secondary N) is 3. The first-order valence-corrected chi connectivity index (χ1v) is 9.99. The molecular weight excluding hydrogens is 426 g/mol. The molecule has 3 unspecified atom stereocenters. The Morgan fingerprint density at radius 2 is 1.47 bits per heavy atom. The molecule has 0 saturated carbocycles. The van der Waals surface area contributed by atoms with E-state index in [-0.39, 0.29) is 31.9 Å². The Balaban J connectivity index is 5.44. The van der Waals surface area contributed by atoms with Crippen LogP contribution in [0.5, 0.6) is 0 Å². The standard InChI is InChI=1S/C18H33N7O7/c1-9(2)14(17(31)32)25-16(30)11(5-6-13(27)28)24-15(29)10(23-12(26)8-19)4-3-7-22-18(20)21/h9-11,14H,3-8,19H2,1-2H3,(H,23,26)(H,24,29)(H,25,30)(H,27,28)(H,31,32)(H4,20,21,22). The van der Waals surface area contributed by atoms with E-state index in [1.165, 1.54) is 0 Å². The highest BCUT2D eigenvalue weighted by Gasteiger charge is 2.30. The lowest BCUT2D eigenvalue weighted by atomic mass is 10.0. The number of guanidine groups is 1. The molecule has 3 amide bonds. The van der Waals surface area contributed by atoms with Gasteiger partial charge in [0.15, 0.2) is 5.96 Å². The molecule has 0 aromatic carbocycles. The smallest absolute Gasteiger partial charge is 0.326 e. The summed E-state index contributed by atoms with van der Waals surface area (Å²) >= 11 is 0. The summed E-state index contributed by atoms with van der Waals surface area (Å²) < 4.78 is 0. The summed E-state index contributed by atoms with van der Waals surface area (Å²) in [6.45, 7) is 2.97. The molecule has 0 radical (unpaired) electrons. The maximum absolute atomic E-state index is 12.7. The molecule has 0 spiro atoms. The quantitative estimate of drug-likeness (QED) is 0.0702. The molecule has 0 aromatic heterocycles. The lowest BCUT2D eigenvalue weighted by molar-refractivity contribution is -0.144. The van der Waals surface area contributed by atoms with Gasteiger partial charge in [-0.3, -0.25) is 24.2 Å². The molecule has 0 aliphatic heterocycles.